The predicted molar refractivity (Wildman–Crippen MR) is 617 cm³/mol. The van der Waals surface area contributed by atoms with E-state index in [2.05, 4.69) is 510 Å². The van der Waals surface area contributed by atoms with Crippen LogP contribution < -0.4 is 0 Å². The molecule has 0 unspecified atom stereocenters. The van der Waals surface area contributed by atoms with Crippen LogP contribution in [0, 0.1) is 0 Å². The second kappa shape index (κ2) is 33.9. The summed E-state index contributed by atoms with van der Waals surface area (Å²) < 4.78 is 8.06. The minimum absolute atomic E-state index is 1.23. The van der Waals surface area contributed by atoms with Gasteiger partial charge in [0.25, 0.3) is 0 Å². The van der Waals surface area contributed by atoms with Crippen LogP contribution in [0.15, 0.2) is 510 Å². The van der Waals surface area contributed by atoms with Gasteiger partial charge in [0, 0.05) is 71.6 Å². The van der Waals surface area contributed by atoms with Crippen molar-refractivity contribution in [1.29, 1.82) is 0 Å². The van der Waals surface area contributed by atoms with E-state index in [0.717, 1.165) is 0 Å². The van der Waals surface area contributed by atoms with Crippen molar-refractivity contribution in [3.8, 4) is 100 Å². The third-order valence-electron chi connectivity index (χ3n) is 29.5. The van der Waals surface area contributed by atoms with Gasteiger partial charge in [-0.1, -0.05) is 479 Å². The number of benzene rings is 27. The van der Waals surface area contributed by atoms with Crippen molar-refractivity contribution in [1.82, 2.24) is 0 Å². The first-order valence-electron chi connectivity index (χ1n) is 48.6. The lowest BCUT2D eigenvalue weighted by Gasteiger charge is -2.20. The highest BCUT2D eigenvalue weighted by Gasteiger charge is 2.27. The Morgan fingerprint density at radius 2 is 0.426 bits per heavy atom. The smallest absolute Gasteiger partial charge is 0.0440 e. The molecule has 141 heavy (non-hydrogen) atoms. The zero-order valence-electron chi connectivity index (χ0n) is 76.7. The molecule has 3 heterocycles. The van der Waals surface area contributed by atoms with Gasteiger partial charge >= 0.3 is 0 Å². The zero-order valence-corrected chi connectivity index (χ0v) is 79.2. The van der Waals surface area contributed by atoms with E-state index in [-0.39, 0.29) is 0 Å². The Labute approximate surface area is 826 Å². The molecule has 0 saturated heterocycles. The zero-order chi connectivity index (χ0) is 92.7. The van der Waals surface area contributed by atoms with Gasteiger partial charge in [0.1, 0.15) is 0 Å². The molecule has 0 amide bonds. The van der Waals surface area contributed by atoms with Crippen molar-refractivity contribution in [2.24, 2.45) is 0 Å². The maximum absolute atomic E-state index is 2.43. The molecule has 0 fully saturated rings. The van der Waals surface area contributed by atoms with Crippen LogP contribution in [0.25, 0.3) is 290 Å². The number of hydrogen-bond acceptors (Lipinski definition) is 3. The average molecular weight is 1840 g/mol. The summed E-state index contributed by atoms with van der Waals surface area (Å²) in [5.41, 5.74) is 22.9. The minimum Gasteiger partial charge on any atom is -0.135 e. The van der Waals surface area contributed by atoms with Gasteiger partial charge in [-0.15, -0.1) is 34.0 Å². The first-order valence-corrected chi connectivity index (χ1v) is 51.0. The number of fused-ring (bicyclic) bond motifs is 24. The van der Waals surface area contributed by atoms with Crippen molar-refractivity contribution in [3.63, 3.8) is 0 Å². The normalized spacial score (nSPS) is 11.8. The summed E-state index contributed by atoms with van der Waals surface area (Å²) in [6, 6.07) is 188. The highest BCUT2D eigenvalue weighted by molar-refractivity contribution is 7.27. The highest BCUT2D eigenvalue weighted by atomic mass is 32.1. The quantitative estimate of drug-likeness (QED) is 0.126. The molecular formula is C138H84S3. The number of hydrogen-bond donors (Lipinski definition) is 0. The third kappa shape index (κ3) is 13.5. The summed E-state index contributed by atoms with van der Waals surface area (Å²) >= 11 is 5.74. The summed E-state index contributed by atoms with van der Waals surface area (Å²) in [5, 5.41) is 38.9. The van der Waals surface area contributed by atoms with Gasteiger partial charge < -0.3 is 0 Å². The van der Waals surface area contributed by atoms with Gasteiger partial charge in [-0.05, 0) is 249 Å². The minimum atomic E-state index is 1.23. The Kier molecular flexibility index (Phi) is 19.7. The van der Waals surface area contributed by atoms with E-state index in [9.17, 15) is 0 Å². The summed E-state index contributed by atoms with van der Waals surface area (Å²) in [6.45, 7) is 0. The van der Waals surface area contributed by atoms with Crippen LogP contribution in [-0.4, -0.2) is 0 Å². The monoisotopic (exact) mass is 1840 g/mol. The van der Waals surface area contributed by atoms with Gasteiger partial charge in [-0.3, -0.25) is 0 Å². The van der Waals surface area contributed by atoms with E-state index in [1.807, 2.05) is 34.0 Å². The summed E-state index contributed by atoms with van der Waals surface area (Å²) in [4.78, 5) is 0. The Hall–Kier alpha value is -17.3. The third-order valence-corrected chi connectivity index (χ3v) is 33.2. The molecule has 0 aliphatic heterocycles. The molecule has 0 atom stereocenters. The van der Waals surface area contributed by atoms with E-state index in [1.54, 1.807) is 0 Å². The fraction of sp³-hybridized carbons (Fsp3) is 0. The summed E-state index contributed by atoms with van der Waals surface area (Å²) in [5.74, 6) is 0. The highest BCUT2D eigenvalue weighted by Crippen LogP contribution is 2.55. The van der Waals surface area contributed by atoms with E-state index in [1.165, 1.54) is 290 Å². The molecule has 0 N–H and O–H groups in total. The van der Waals surface area contributed by atoms with Crippen molar-refractivity contribution < 1.29 is 0 Å². The fourth-order valence-corrected chi connectivity index (χ4v) is 27.1. The topological polar surface area (TPSA) is 0 Å². The molecular weight excluding hydrogens is 1750 g/mol. The number of rotatable bonds is 9. The summed E-state index contributed by atoms with van der Waals surface area (Å²) in [6.07, 6.45) is 0. The second-order valence-electron chi connectivity index (χ2n) is 37.2. The SMILES string of the molecule is c1cc(-c2cccc3ccccc23)cc(-c2c3ccccc3c(-c3cc4ccccc4c4c3sc3ccccc34)c3ccccc23)c1.c1ccc(-c2c3ccccc3c(-c3ccc4c(c3)sc3c5ccccc5ccc43)c3ccccc23)c(-c2cccc3ccccc23)c1.c1ccc2c(-c3ccc(-c4c5ccccc5c(-c5cccc6c5sc5ccc7ccccc7c56)c5ccccc45)cc3)cccc2c1. The van der Waals surface area contributed by atoms with Crippen LogP contribution in [-0.2, 0) is 0 Å². The van der Waals surface area contributed by atoms with Crippen LogP contribution in [0.5, 0.6) is 0 Å². The van der Waals surface area contributed by atoms with Crippen molar-refractivity contribution in [2.45, 2.75) is 0 Å². The molecule has 3 heteroatoms. The summed E-state index contributed by atoms with van der Waals surface area (Å²) in [7, 11) is 0. The van der Waals surface area contributed by atoms with Gasteiger partial charge in [-0.25, -0.2) is 0 Å². The van der Waals surface area contributed by atoms with E-state index >= 15 is 0 Å². The van der Waals surface area contributed by atoms with Crippen LogP contribution in [0.3, 0.4) is 0 Å². The molecule has 0 nitrogen and oxygen atoms in total. The molecule has 0 radical (unpaired) electrons. The van der Waals surface area contributed by atoms with Gasteiger partial charge in [0.2, 0.25) is 0 Å². The van der Waals surface area contributed by atoms with E-state index < -0.39 is 0 Å². The maximum Gasteiger partial charge on any atom is 0.0440 e. The second-order valence-corrected chi connectivity index (χ2v) is 40.3. The van der Waals surface area contributed by atoms with Crippen molar-refractivity contribution in [3.05, 3.63) is 510 Å². The Balaban J connectivity index is 0.000000104. The van der Waals surface area contributed by atoms with Crippen molar-refractivity contribution in [2.75, 3.05) is 0 Å². The first kappa shape index (κ1) is 82.0. The van der Waals surface area contributed by atoms with Crippen LogP contribution in [0.1, 0.15) is 0 Å². The predicted octanol–water partition coefficient (Wildman–Crippen LogP) is 41.0. The standard InChI is InChI=1S/3C46H28S/c1-3-14-33-29(11-1)13-9-20-34(33)31-23-25-32(26-24-31)43-36-16-5-7-18-38(36)44(39-19-8-6-17-37(39)43)40-21-10-22-41-45-35-15-4-2-12-30(35)27-28-42(45)47-46(40)41;1-3-18-33-29(13-1)15-12-25-34(33)30-16-11-17-32(27-30)43-36-20-5-7-22-38(36)44(39-23-8-6-21-37(39)43)41-28-31-14-2-4-19-35(31)45-40-24-9-10-26-42(40)47-46(41)45;1-3-15-32-29(12-1)14-11-23-34(32)35-17-5-6-18-37(35)45-40-21-9-7-19-38(40)44(39-20-8-10-22-41(39)45)31-25-26-36-42-27-24-30-13-2-4-16-33(30)46(42)47-43(36)28-31/h3*1-28H. The average Bonchev–Trinajstić information content (AvgIpc) is 1.72. The maximum atomic E-state index is 2.43. The molecule has 3 aromatic heterocycles. The molecule has 27 aromatic carbocycles. The molecule has 0 bridgehead atoms. The van der Waals surface area contributed by atoms with Gasteiger partial charge in [0.15, 0.2) is 0 Å². The molecule has 30 rings (SSSR count). The lowest BCUT2D eigenvalue weighted by Crippen LogP contribution is -1.93. The van der Waals surface area contributed by atoms with Gasteiger partial charge in [-0.2, -0.15) is 0 Å². The molecule has 0 spiro atoms. The molecule has 0 aliphatic carbocycles. The lowest BCUT2D eigenvalue weighted by atomic mass is 9.83. The molecule has 0 saturated carbocycles. The van der Waals surface area contributed by atoms with E-state index in [0.29, 0.717) is 0 Å². The Bertz CT molecular complexity index is 10200. The van der Waals surface area contributed by atoms with Crippen molar-refractivity contribution >= 4 is 224 Å². The van der Waals surface area contributed by atoms with Crippen LogP contribution >= 0.6 is 34.0 Å². The van der Waals surface area contributed by atoms with Crippen LogP contribution in [0.4, 0.5) is 0 Å². The largest absolute Gasteiger partial charge is 0.135 e. The lowest BCUT2D eigenvalue weighted by molar-refractivity contribution is 1.63. The van der Waals surface area contributed by atoms with Crippen LogP contribution in [0.2, 0.25) is 0 Å². The number of thiophene rings is 3. The van der Waals surface area contributed by atoms with E-state index in [4.69, 9.17) is 0 Å². The van der Waals surface area contributed by atoms with Gasteiger partial charge in [0.05, 0.1) is 0 Å². The fourth-order valence-electron chi connectivity index (χ4n) is 23.4. The molecule has 654 valence electrons. The first-order chi connectivity index (χ1) is 70.0. The molecule has 0 aliphatic rings. The molecule has 30 aromatic rings. The Morgan fingerprint density at radius 3 is 0.979 bits per heavy atom. The Morgan fingerprint density at radius 1 is 0.106 bits per heavy atom.